The van der Waals surface area contributed by atoms with Gasteiger partial charge in [0.2, 0.25) is 0 Å². The number of Topliss-reactive ketones (excluding diaryl/α,β-unsaturated/α-hetero) is 1. The molecular formula is C9H10N2O. The SMILES string of the molecule is O=C(c1ccncc1)C1CNC1. The normalized spacial score (nSPS) is 17.0. The van der Waals surface area contributed by atoms with Crippen LogP contribution in [0.2, 0.25) is 0 Å². The molecule has 1 N–H and O–H groups in total. The molecule has 1 aromatic rings. The summed E-state index contributed by atoms with van der Waals surface area (Å²) < 4.78 is 0. The Morgan fingerprint density at radius 1 is 1.42 bits per heavy atom. The van der Waals surface area contributed by atoms with Crippen LogP contribution < -0.4 is 5.32 Å². The van der Waals surface area contributed by atoms with Gasteiger partial charge < -0.3 is 5.32 Å². The highest BCUT2D eigenvalue weighted by Gasteiger charge is 2.25. The molecule has 1 fully saturated rings. The van der Waals surface area contributed by atoms with Crippen LogP contribution in [-0.2, 0) is 0 Å². The molecule has 0 bridgehead atoms. The molecule has 0 aromatic carbocycles. The van der Waals surface area contributed by atoms with Crippen LogP contribution in [0.5, 0.6) is 0 Å². The van der Waals surface area contributed by atoms with Gasteiger partial charge in [0.1, 0.15) is 0 Å². The number of aromatic nitrogens is 1. The van der Waals surface area contributed by atoms with Gasteiger partial charge in [-0.1, -0.05) is 0 Å². The summed E-state index contributed by atoms with van der Waals surface area (Å²) in [7, 11) is 0. The van der Waals surface area contributed by atoms with Crippen LogP contribution in [0.15, 0.2) is 24.5 Å². The van der Waals surface area contributed by atoms with Crippen LogP contribution in [0.3, 0.4) is 0 Å². The topological polar surface area (TPSA) is 42.0 Å². The molecule has 62 valence electrons. The quantitative estimate of drug-likeness (QED) is 0.643. The molecule has 2 rings (SSSR count). The number of carbonyl (C=O) groups is 1. The molecule has 1 aromatic heterocycles. The molecule has 0 saturated carbocycles. The van der Waals surface area contributed by atoms with E-state index < -0.39 is 0 Å². The lowest BCUT2D eigenvalue weighted by atomic mass is 9.93. The fraction of sp³-hybridized carbons (Fsp3) is 0.333. The zero-order valence-corrected chi connectivity index (χ0v) is 6.66. The number of rotatable bonds is 2. The summed E-state index contributed by atoms with van der Waals surface area (Å²) in [6, 6.07) is 3.53. The molecule has 0 aliphatic carbocycles. The minimum atomic E-state index is 0.187. The van der Waals surface area contributed by atoms with Crippen molar-refractivity contribution < 1.29 is 4.79 Å². The van der Waals surface area contributed by atoms with Crippen LogP contribution >= 0.6 is 0 Å². The molecule has 1 saturated heterocycles. The molecule has 3 heteroatoms. The second-order valence-corrected chi connectivity index (χ2v) is 2.96. The van der Waals surface area contributed by atoms with Gasteiger partial charge in [0.05, 0.1) is 0 Å². The number of nitrogens with zero attached hydrogens (tertiary/aromatic N) is 1. The Labute approximate surface area is 70.8 Å². The highest BCUT2D eigenvalue weighted by Crippen LogP contribution is 2.11. The zero-order chi connectivity index (χ0) is 8.39. The highest BCUT2D eigenvalue weighted by molar-refractivity contribution is 5.98. The fourth-order valence-corrected chi connectivity index (χ4v) is 1.23. The number of ketones is 1. The van der Waals surface area contributed by atoms with Crippen molar-refractivity contribution >= 4 is 5.78 Å². The first-order chi connectivity index (χ1) is 5.88. The van der Waals surface area contributed by atoms with Crippen molar-refractivity contribution in [3.8, 4) is 0 Å². The molecule has 0 atom stereocenters. The highest BCUT2D eigenvalue weighted by atomic mass is 16.1. The molecule has 3 nitrogen and oxygen atoms in total. The lowest BCUT2D eigenvalue weighted by Gasteiger charge is -2.25. The van der Waals surface area contributed by atoms with E-state index >= 15 is 0 Å². The smallest absolute Gasteiger partial charge is 0.168 e. The van der Waals surface area contributed by atoms with Gasteiger partial charge in [0, 0.05) is 37.0 Å². The van der Waals surface area contributed by atoms with E-state index in [0.29, 0.717) is 0 Å². The third-order valence-corrected chi connectivity index (χ3v) is 2.12. The lowest BCUT2D eigenvalue weighted by molar-refractivity contribution is 0.0878. The van der Waals surface area contributed by atoms with Crippen molar-refractivity contribution in [1.82, 2.24) is 10.3 Å². The van der Waals surface area contributed by atoms with E-state index in [1.54, 1.807) is 24.5 Å². The maximum absolute atomic E-state index is 11.6. The first kappa shape index (κ1) is 7.43. The van der Waals surface area contributed by atoms with Gasteiger partial charge in [0.15, 0.2) is 5.78 Å². The molecular weight excluding hydrogens is 152 g/mol. The molecule has 1 aliphatic heterocycles. The predicted octanol–water partition coefficient (Wildman–Crippen LogP) is 0.484. The summed E-state index contributed by atoms with van der Waals surface area (Å²) in [5.74, 6) is 0.420. The van der Waals surface area contributed by atoms with Gasteiger partial charge >= 0.3 is 0 Å². The molecule has 0 radical (unpaired) electrons. The number of pyridine rings is 1. The van der Waals surface area contributed by atoms with Crippen molar-refractivity contribution in [1.29, 1.82) is 0 Å². The Kier molecular flexibility index (Phi) is 1.87. The van der Waals surface area contributed by atoms with E-state index in [0.717, 1.165) is 18.7 Å². The Balaban J connectivity index is 2.14. The van der Waals surface area contributed by atoms with Gasteiger partial charge in [-0.05, 0) is 12.1 Å². The third kappa shape index (κ3) is 1.23. The Bertz CT molecular complexity index is 280. The molecule has 1 aliphatic rings. The second kappa shape index (κ2) is 3.03. The largest absolute Gasteiger partial charge is 0.315 e. The van der Waals surface area contributed by atoms with Crippen molar-refractivity contribution in [2.75, 3.05) is 13.1 Å². The fourth-order valence-electron chi connectivity index (χ4n) is 1.23. The van der Waals surface area contributed by atoms with Crippen LogP contribution in [0, 0.1) is 5.92 Å². The molecule has 0 unspecified atom stereocenters. The summed E-state index contributed by atoms with van der Waals surface area (Å²) in [5, 5.41) is 3.08. The van der Waals surface area contributed by atoms with E-state index in [-0.39, 0.29) is 11.7 Å². The van der Waals surface area contributed by atoms with E-state index in [4.69, 9.17) is 0 Å². The van der Waals surface area contributed by atoms with E-state index in [2.05, 4.69) is 10.3 Å². The molecule has 0 spiro atoms. The van der Waals surface area contributed by atoms with Gasteiger partial charge in [-0.15, -0.1) is 0 Å². The summed E-state index contributed by atoms with van der Waals surface area (Å²) in [5.41, 5.74) is 0.775. The van der Waals surface area contributed by atoms with Gasteiger partial charge in [-0.2, -0.15) is 0 Å². The number of nitrogens with one attached hydrogen (secondary N) is 1. The average molecular weight is 162 g/mol. The first-order valence-corrected chi connectivity index (χ1v) is 4.03. The van der Waals surface area contributed by atoms with E-state index in [1.165, 1.54) is 0 Å². The number of carbonyl (C=O) groups excluding carboxylic acids is 1. The molecule has 0 amide bonds. The summed E-state index contributed by atoms with van der Waals surface area (Å²) in [6.45, 7) is 1.64. The van der Waals surface area contributed by atoms with Crippen LogP contribution in [0.1, 0.15) is 10.4 Å². The predicted molar refractivity (Wildman–Crippen MR) is 44.9 cm³/mol. The molecule has 2 heterocycles. The van der Waals surface area contributed by atoms with Gasteiger partial charge in [-0.25, -0.2) is 0 Å². The Morgan fingerprint density at radius 3 is 2.58 bits per heavy atom. The lowest BCUT2D eigenvalue weighted by Crippen LogP contribution is -2.46. The van der Waals surface area contributed by atoms with E-state index in [9.17, 15) is 4.79 Å². The Morgan fingerprint density at radius 2 is 2.08 bits per heavy atom. The first-order valence-electron chi connectivity index (χ1n) is 4.03. The monoisotopic (exact) mass is 162 g/mol. The maximum atomic E-state index is 11.6. The average Bonchev–Trinajstić information content (AvgIpc) is 2.03. The number of hydrogen-bond acceptors (Lipinski definition) is 3. The minimum Gasteiger partial charge on any atom is -0.315 e. The van der Waals surface area contributed by atoms with E-state index in [1.807, 2.05) is 0 Å². The molecule has 12 heavy (non-hydrogen) atoms. The van der Waals surface area contributed by atoms with Crippen LogP contribution in [0.25, 0.3) is 0 Å². The minimum absolute atomic E-state index is 0.187. The van der Waals surface area contributed by atoms with Crippen LogP contribution in [0.4, 0.5) is 0 Å². The van der Waals surface area contributed by atoms with Crippen LogP contribution in [-0.4, -0.2) is 23.9 Å². The summed E-state index contributed by atoms with van der Waals surface area (Å²) in [4.78, 5) is 15.4. The summed E-state index contributed by atoms with van der Waals surface area (Å²) >= 11 is 0. The van der Waals surface area contributed by atoms with Gasteiger partial charge in [-0.3, -0.25) is 9.78 Å². The van der Waals surface area contributed by atoms with Crippen molar-refractivity contribution in [2.24, 2.45) is 5.92 Å². The van der Waals surface area contributed by atoms with Crippen molar-refractivity contribution in [2.45, 2.75) is 0 Å². The third-order valence-electron chi connectivity index (χ3n) is 2.12. The zero-order valence-electron chi connectivity index (χ0n) is 6.66. The van der Waals surface area contributed by atoms with Crippen molar-refractivity contribution in [3.63, 3.8) is 0 Å². The van der Waals surface area contributed by atoms with Gasteiger partial charge in [0.25, 0.3) is 0 Å². The standard InChI is InChI=1S/C9H10N2O/c12-9(8-5-11-6-8)7-1-3-10-4-2-7/h1-4,8,11H,5-6H2. The summed E-state index contributed by atoms with van der Waals surface area (Å²) in [6.07, 6.45) is 3.30. The van der Waals surface area contributed by atoms with Crippen molar-refractivity contribution in [3.05, 3.63) is 30.1 Å². The second-order valence-electron chi connectivity index (χ2n) is 2.96. The maximum Gasteiger partial charge on any atom is 0.168 e. The Hall–Kier alpha value is -1.22. The number of hydrogen-bond donors (Lipinski definition) is 1.